The fraction of sp³-hybridized carbons (Fsp3) is 0. The van der Waals surface area contributed by atoms with Crippen LogP contribution in [0.3, 0.4) is 0 Å². The number of rotatable bonds is 2. The molecule has 90 valence electrons. The standard InChI is InChI=1S/C10H5ClFN5O/c11-5-1-2-7(12)6(3-5)10-15-9(17-18-10)8-13-4-14-16-8/h1-4H,(H,13,14,16). The summed E-state index contributed by atoms with van der Waals surface area (Å²) in [7, 11) is 0. The maximum absolute atomic E-state index is 13.6. The number of halogens is 2. The molecule has 3 aromatic rings. The molecular weight excluding hydrogens is 261 g/mol. The van der Waals surface area contributed by atoms with Crippen molar-refractivity contribution in [3.05, 3.63) is 35.4 Å². The van der Waals surface area contributed by atoms with Crippen LogP contribution < -0.4 is 0 Å². The van der Waals surface area contributed by atoms with Crippen molar-refractivity contribution in [2.24, 2.45) is 0 Å². The van der Waals surface area contributed by atoms with Crippen LogP contribution in [-0.4, -0.2) is 25.3 Å². The van der Waals surface area contributed by atoms with E-state index in [9.17, 15) is 4.39 Å². The van der Waals surface area contributed by atoms with Gasteiger partial charge < -0.3 is 4.52 Å². The summed E-state index contributed by atoms with van der Waals surface area (Å²) in [5.74, 6) is 0.0721. The highest BCUT2D eigenvalue weighted by Gasteiger charge is 2.16. The van der Waals surface area contributed by atoms with Gasteiger partial charge in [0.05, 0.1) is 5.56 Å². The third-order valence-corrected chi connectivity index (χ3v) is 2.45. The van der Waals surface area contributed by atoms with Gasteiger partial charge in [0, 0.05) is 5.02 Å². The lowest BCUT2D eigenvalue weighted by Gasteiger charge is -1.96. The largest absolute Gasteiger partial charge is 0.333 e. The predicted molar refractivity (Wildman–Crippen MR) is 60.1 cm³/mol. The molecule has 6 nitrogen and oxygen atoms in total. The van der Waals surface area contributed by atoms with Gasteiger partial charge in [0.1, 0.15) is 12.1 Å². The summed E-state index contributed by atoms with van der Waals surface area (Å²) in [4.78, 5) is 7.88. The van der Waals surface area contributed by atoms with Crippen molar-refractivity contribution in [3.63, 3.8) is 0 Å². The normalized spacial score (nSPS) is 10.8. The van der Waals surface area contributed by atoms with Crippen LogP contribution in [0.5, 0.6) is 0 Å². The second-order valence-corrected chi connectivity index (χ2v) is 3.82. The Kier molecular flexibility index (Phi) is 2.52. The van der Waals surface area contributed by atoms with E-state index in [2.05, 4.69) is 25.3 Å². The van der Waals surface area contributed by atoms with Crippen LogP contribution >= 0.6 is 11.6 Å². The SMILES string of the molecule is Fc1ccc(Cl)cc1-c1nc(-c2ncn[nH]2)no1. The van der Waals surface area contributed by atoms with Crippen LogP contribution in [0.25, 0.3) is 23.1 Å². The molecule has 1 aromatic carbocycles. The highest BCUT2D eigenvalue weighted by molar-refractivity contribution is 6.30. The van der Waals surface area contributed by atoms with Crippen LogP contribution in [-0.2, 0) is 0 Å². The molecule has 0 amide bonds. The zero-order chi connectivity index (χ0) is 12.5. The molecule has 0 saturated carbocycles. The van der Waals surface area contributed by atoms with Gasteiger partial charge in [0.2, 0.25) is 5.82 Å². The van der Waals surface area contributed by atoms with Crippen LogP contribution in [0.1, 0.15) is 0 Å². The molecule has 3 rings (SSSR count). The fourth-order valence-electron chi connectivity index (χ4n) is 1.40. The van der Waals surface area contributed by atoms with E-state index in [1.165, 1.54) is 24.5 Å². The summed E-state index contributed by atoms with van der Waals surface area (Å²) in [5, 5.41) is 10.3. The number of aromatic amines is 1. The van der Waals surface area contributed by atoms with Crippen molar-refractivity contribution in [2.45, 2.75) is 0 Å². The highest BCUT2D eigenvalue weighted by Crippen LogP contribution is 2.25. The van der Waals surface area contributed by atoms with E-state index in [0.717, 1.165) is 0 Å². The second kappa shape index (κ2) is 4.19. The van der Waals surface area contributed by atoms with Gasteiger partial charge in [0.15, 0.2) is 5.82 Å². The van der Waals surface area contributed by atoms with Gasteiger partial charge >= 0.3 is 0 Å². The molecule has 18 heavy (non-hydrogen) atoms. The average Bonchev–Trinajstić information content (AvgIpc) is 3.00. The number of nitrogens with one attached hydrogen (secondary N) is 1. The van der Waals surface area contributed by atoms with E-state index in [4.69, 9.17) is 16.1 Å². The van der Waals surface area contributed by atoms with Crippen molar-refractivity contribution in [3.8, 4) is 23.1 Å². The lowest BCUT2D eigenvalue weighted by molar-refractivity contribution is 0.429. The number of hydrogen-bond acceptors (Lipinski definition) is 5. The van der Waals surface area contributed by atoms with Gasteiger partial charge in [-0.05, 0) is 18.2 Å². The topological polar surface area (TPSA) is 80.5 Å². The van der Waals surface area contributed by atoms with Gasteiger partial charge in [-0.1, -0.05) is 16.8 Å². The number of benzene rings is 1. The number of hydrogen-bond donors (Lipinski definition) is 1. The Morgan fingerprint density at radius 2 is 2.22 bits per heavy atom. The number of aromatic nitrogens is 5. The number of H-pyrrole nitrogens is 1. The molecule has 2 heterocycles. The van der Waals surface area contributed by atoms with Gasteiger partial charge in [-0.2, -0.15) is 10.1 Å². The van der Waals surface area contributed by atoms with E-state index >= 15 is 0 Å². The van der Waals surface area contributed by atoms with Gasteiger partial charge in [-0.15, -0.1) is 0 Å². The van der Waals surface area contributed by atoms with E-state index in [0.29, 0.717) is 10.8 Å². The Morgan fingerprint density at radius 1 is 1.33 bits per heavy atom. The third-order valence-electron chi connectivity index (χ3n) is 2.21. The average molecular weight is 266 g/mol. The predicted octanol–water partition coefficient (Wildman–Crippen LogP) is 2.31. The summed E-state index contributed by atoms with van der Waals surface area (Å²) in [6, 6.07) is 4.08. The maximum Gasteiger partial charge on any atom is 0.261 e. The van der Waals surface area contributed by atoms with E-state index in [1.807, 2.05) is 0 Å². The van der Waals surface area contributed by atoms with E-state index in [1.54, 1.807) is 0 Å². The summed E-state index contributed by atoms with van der Waals surface area (Å²) in [5.41, 5.74) is 0.140. The van der Waals surface area contributed by atoms with Crippen molar-refractivity contribution < 1.29 is 8.91 Å². The summed E-state index contributed by atoms with van der Waals surface area (Å²) >= 11 is 5.79. The lowest BCUT2D eigenvalue weighted by Crippen LogP contribution is -1.86. The third kappa shape index (κ3) is 1.84. The first-order valence-electron chi connectivity index (χ1n) is 4.89. The fourth-order valence-corrected chi connectivity index (χ4v) is 1.58. The molecule has 0 spiro atoms. The van der Waals surface area contributed by atoms with Crippen molar-refractivity contribution >= 4 is 11.6 Å². The Balaban J connectivity index is 2.05. The summed E-state index contributed by atoms with van der Waals surface area (Å²) in [6.45, 7) is 0. The van der Waals surface area contributed by atoms with Gasteiger partial charge in [-0.3, -0.25) is 5.10 Å². The van der Waals surface area contributed by atoms with Crippen molar-refractivity contribution in [2.75, 3.05) is 0 Å². The van der Waals surface area contributed by atoms with Crippen LogP contribution in [0.15, 0.2) is 29.0 Å². The molecule has 1 N–H and O–H groups in total. The van der Waals surface area contributed by atoms with E-state index < -0.39 is 5.82 Å². The molecular formula is C10H5ClFN5O. The quantitative estimate of drug-likeness (QED) is 0.769. The summed E-state index contributed by atoms with van der Waals surface area (Å²) < 4.78 is 18.5. The Hall–Kier alpha value is -2.28. The van der Waals surface area contributed by atoms with Crippen molar-refractivity contribution in [1.29, 1.82) is 0 Å². The molecule has 0 fully saturated rings. The zero-order valence-corrected chi connectivity index (χ0v) is 9.52. The highest BCUT2D eigenvalue weighted by atomic mass is 35.5. The molecule has 0 unspecified atom stereocenters. The Labute approximate surface area is 105 Å². The first-order valence-corrected chi connectivity index (χ1v) is 5.27. The van der Waals surface area contributed by atoms with E-state index in [-0.39, 0.29) is 17.3 Å². The second-order valence-electron chi connectivity index (χ2n) is 3.38. The monoisotopic (exact) mass is 265 g/mol. The molecule has 0 radical (unpaired) electrons. The summed E-state index contributed by atoms with van der Waals surface area (Å²) in [6.07, 6.45) is 1.31. The molecule has 0 aliphatic rings. The minimum absolute atomic E-state index is 0.0291. The molecule has 0 atom stereocenters. The minimum atomic E-state index is -0.493. The first-order chi connectivity index (χ1) is 8.74. The molecule has 2 aromatic heterocycles. The molecule has 8 heteroatoms. The number of nitrogens with zero attached hydrogens (tertiary/aromatic N) is 4. The van der Waals surface area contributed by atoms with Crippen molar-refractivity contribution in [1.82, 2.24) is 25.3 Å². The molecule has 0 aliphatic carbocycles. The van der Waals surface area contributed by atoms with Gasteiger partial charge in [0.25, 0.3) is 5.89 Å². The Morgan fingerprint density at radius 3 is 3.00 bits per heavy atom. The van der Waals surface area contributed by atoms with Gasteiger partial charge in [-0.25, -0.2) is 9.37 Å². The first kappa shape index (κ1) is 10.8. The van der Waals surface area contributed by atoms with Crippen LogP contribution in [0, 0.1) is 5.82 Å². The smallest absolute Gasteiger partial charge is 0.261 e. The van der Waals surface area contributed by atoms with Crippen LogP contribution in [0.4, 0.5) is 4.39 Å². The maximum atomic E-state index is 13.6. The molecule has 0 bridgehead atoms. The minimum Gasteiger partial charge on any atom is -0.333 e. The van der Waals surface area contributed by atoms with Crippen LogP contribution in [0.2, 0.25) is 5.02 Å². The lowest BCUT2D eigenvalue weighted by atomic mass is 10.2. The zero-order valence-electron chi connectivity index (χ0n) is 8.76. The molecule has 0 aliphatic heterocycles. The Bertz CT molecular complexity index is 681. The molecule has 0 saturated heterocycles.